The van der Waals surface area contributed by atoms with Crippen molar-refractivity contribution >= 4 is 11.3 Å². The van der Waals surface area contributed by atoms with E-state index in [9.17, 15) is 0 Å². The van der Waals surface area contributed by atoms with Crippen molar-refractivity contribution in [3.63, 3.8) is 0 Å². The minimum Gasteiger partial charge on any atom is -0.468 e. The first-order chi connectivity index (χ1) is 10.4. The summed E-state index contributed by atoms with van der Waals surface area (Å²) in [6.45, 7) is 3.96. The first kappa shape index (κ1) is 14.3. The van der Waals surface area contributed by atoms with Gasteiger partial charge in [-0.1, -0.05) is 0 Å². The zero-order chi connectivity index (χ0) is 14.5. The molecule has 1 aliphatic rings. The van der Waals surface area contributed by atoms with Gasteiger partial charge in [0.05, 0.1) is 12.3 Å². The Hall–Kier alpha value is -1.61. The molecule has 1 N–H and O–H groups in total. The van der Waals surface area contributed by atoms with Crippen LogP contribution < -0.4 is 5.32 Å². The summed E-state index contributed by atoms with van der Waals surface area (Å²) in [4.78, 5) is 4.46. The molecule has 1 saturated heterocycles. The van der Waals surface area contributed by atoms with Crippen LogP contribution in [0.2, 0.25) is 0 Å². The fraction of sp³-hybridized carbons (Fsp3) is 0.438. The Kier molecular flexibility index (Phi) is 4.71. The Balaban J connectivity index is 1.58. The Morgan fingerprint density at radius 2 is 2.19 bits per heavy atom. The van der Waals surface area contributed by atoms with Gasteiger partial charge >= 0.3 is 0 Å². The maximum absolute atomic E-state index is 8.85. The van der Waals surface area contributed by atoms with E-state index in [-0.39, 0.29) is 0 Å². The van der Waals surface area contributed by atoms with E-state index in [0.29, 0.717) is 6.04 Å². The fourth-order valence-electron chi connectivity index (χ4n) is 2.81. The second-order valence-corrected chi connectivity index (χ2v) is 6.45. The molecule has 5 heteroatoms. The Morgan fingerprint density at radius 3 is 2.86 bits per heavy atom. The van der Waals surface area contributed by atoms with Crippen molar-refractivity contribution in [3.05, 3.63) is 46.0 Å². The molecule has 4 nitrogen and oxygen atoms in total. The number of nitrogens with zero attached hydrogens (tertiary/aromatic N) is 2. The largest absolute Gasteiger partial charge is 0.468 e. The van der Waals surface area contributed by atoms with Gasteiger partial charge in [-0.3, -0.25) is 4.90 Å². The summed E-state index contributed by atoms with van der Waals surface area (Å²) in [6.07, 6.45) is 4.29. The summed E-state index contributed by atoms with van der Waals surface area (Å²) in [5.74, 6) is 1.04. The molecule has 0 aliphatic carbocycles. The number of likely N-dealkylation sites (tertiary alicyclic amines) is 1. The second-order valence-electron chi connectivity index (χ2n) is 5.28. The lowest BCUT2D eigenvalue weighted by Gasteiger charge is -2.26. The van der Waals surface area contributed by atoms with Gasteiger partial charge in [0.1, 0.15) is 16.7 Å². The van der Waals surface area contributed by atoms with Crippen LogP contribution >= 0.6 is 11.3 Å². The molecule has 3 heterocycles. The van der Waals surface area contributed by atoms with Gasteiger partial charge < -0.3 is 9.73 Å². The highest BCUT2D eigenvalue weighted by Gasteiger charge is 2.25. The average Bonchev–Trinajstić information content (AvgIpc) is 3.24. The van der Waals surface area contributed by atoms with Crippen LogP contribution in [-0.4, -0.2) is 24.5 Å². The van der Waals surface area contributed by atoms with Crippen molar-refractivity contribution in [1.29, 1.82) is 5.26 Å². The van der Waals surface area contributed by atoms with Crippen molar-refractivity contribution in [3.8, 4) is 6.07 Å². The fourth-order valence-corrected chi connectivity index (χ4v) is 3.58. The van der Waals surface area contributed by atoms with E-state index in [1.807, 2.05) is 18.2 Å². The summed E-state index contributed by atoms with van der Waals surface area (Å²) >= 11 is 1.55. The number of hydrogen-bond donors (Lipinski definition) is 1. The van der Waals surface area contributed by atoms with Crippen LogP contribution in [0.1, 0.15) is 34.4 Å². The number of thiophene rings is 1. The summed E-state index contributed by atoms with van der Waals surface area (Å²) in [5, 5.41) is 12.4. The van der Waals surface area contributed by atoms with Crippen molar-refractivity contribution in [2.75, 3.05) is 19.6 Å². The van der Waals surface area contributed by atoms with Crippen LogP contribution in [0.4, 0.5) is 0 Å². The predicted octanol–water partition coefficient (Wildman–Crippen LogP) is 3.14. The molecule has 1 aliphatic heterocycles. The molecule has 0 spiro atoms. The molecular formula is C16H19N3OS. The van der Waals surface area contributed by atoms with Crippen molar-refractivity contribution in [2.45, 2.75) is 25.4 Å². The Labute approximate surface area is 129 Å². The van der Waals surface area contributed by atoms with Gasteiger partial charge in [0, 0.05) is 18.0 Å². The highest BCUT2D eigenvalue weighted by atomic mass is 32.1. The molecule has 0 amide bonds. The lowest BCUT2D eigenvalue weighted by Crippen LogP contribution is -2.33. The van der Waals surface area contributed by atoms with E-state index in [4.69, 9.17) is 9.68 Å². The first-order valence-corrected chi connectivity index (χ1v) is 8.15. The SMILES string of the molecule is N#Cc1ccc(CNCC(c2ccco2)N2CCCC2)s1. The smallest absolute Gasteiger partial charge is 0.122 e. The third kappa shape index (κ3) is 3.53. The Morgan fingerprint density at radius 1 is 1.33 bits per heavy atom. The van der Waals surface area contributed by atoms with E-state index >= 15 is 0 Å². The number of furan rings is 1. The van der Waals surface area contributed by atoms with Crippen molar-refractivity contribution in [2.24, 2.45) is 0 Å². The summed E-state index contributed by atoms with van der Waals surface area (Å²) in [7, 11) is 0. The Bertz CT molecular complexity index is 593. The quantitative estimate of drug-likeness (QED) is 0.890. The van der Waals surface area contributed by atoms with Crippen LogP contribution in [-0.2, 0) is 6.54 Å². The highest BCUT2D eigenvalue weighted by Crippen LogP contribution is 2.25. The maximum atomic E-state index is 8.85. The second kappa shape index (κ2) is 6.90. The molecule has 0 saturated carbocycles. The first-order valence-electron chi connectivity index (χ1n) is 7.34. The van der Waals surface area contributed by atoms with Gasteiger partial charge in [0.2, 0.25) is 0 Å². The van der Waals surface area contributed by atoms with Gasteiger partial charge in [-0.15, -0.1) is 11.3 Å². The molecule has 0 aromatic carbocycles. The third-order valence-electron chi connectivity index (χ3n) is 3.86. The molecular weight excluding hydrogens is 282 g/mol. The normalized spacial score (nSPS) is 16.9. The van der Waals surface area contributed by atoms with Gasteiger partial charge in [0.15, 0.2) is 0 Å². The highest BCUT2D eigenvalue weighted by molar-refractivity contribution is 7.12. The third-order valence-corrected chi connectivity index (χ3v) is 4.85. The molecule has 2 aromatic heterocycles. The van der Waals surface area contributed by atoms with Crippen LogP contribution in [0.15, 0.2) is 34.9 Å². The van der Waals surface area contributed by atoms with Crippen LogP contribution in [0, 0.1) is 11.3 Å². The zero-order valence-corrected chi connectivity index (χ0v) is 12.7. The van der Waals surface area contributed by atoms with Gasteiger partial charge in [0.25, 0.3) is 0 Å². The zero-order valence-electron chi connectivity index (χ0n) is 11.9. The molecule has 0 radical (unpaired) electrons. The molecule has 110 valence electrons. The van der Waals surface area contributed by atoms with E-state index in [1.54, 1.807) is 17.6 Å². The minimum atomic E-state index is 0.304. The summed E-state index contributed by atoms with van der Waals surface area (Å²) < 4.78 is 5.61. The maximum Gasteiger partial charge on any atom is 0.122 e. The molecule has 1 unspecified atom stereocenters. The molecule has 3 rings (SSSR count). The van der Waals surface area contributed by atoms with E-state index in [0.717, 1.165) is 36.8 Å². The predicted molar refractivity (Wildman–Crippen MR) is 83.0 cm³/mol. The van der Waals surface area contributed by atoms with Crippen LogP contribution in [0.25, 0.3) is 0 Å². The van der Waals surface area contributed by atoms with E-state index in [1.165, 1.54) is 17.7 Å². The lowest BCUT2D eigenvalue weighted by atomic mass is 10.2. The van der Waals surface area contributed by atoms with Crippen LogP contribution in [0.3, 0.4) is 0 Å². The summed E-state index contributed by atoms with van der Waals surface area (Å²) in [5.41, 5.74) is 0. The van der Waals surface area contributed by atoms with E-state index < -0.39 is 0 Å². The molecule has 21 heavy (non-hydrogen) atoms. The number of rotatable bonds is 6. The molecule has 1 atom stereocenters. The number of hydrogen-bond acceptors (Lipinski definition) is 5. The summed E-state index contributed by atoms with van der Waals surface area (Å²) in [6, 6.07) is 10.4. The number of nitrogens with one attached hydrogen (secondary N) is 1. The molecule has 2 aromatic rings. The molecule has 1 fully saturated rings. The van der Waals surface area contributed by atoms with Crippen molar-refractivity contribution in [1.82, 2.24) is 10.2 Å². The van der Waals surface area contributed by atoms with Gasteiger partial charge in [-0.05, 0) is 50.2 Å². The number of nitriles is 1. The standard InChI is InChI=1S/C16H19N3OS/c17-10-13-5-6-14(21-13)11-18-12-15(16-4-3-9-20-16)19-7-1-2-8-19/h3-6,9,15,18H,1-2,7-8,11-12H2. The van der Waals surface area contributed by atoms with E-state index in [2.05, 4.69) is 22.4 Å². The minimum absolute atomic E-state index is 0.304. The van der Waals surface area contributed by atoms with Crippen molar-refractivity contribution < 1.29 is 4.42 Å². The van der Waals surface area contributed by atoms with Crippen LogP contribution in [0.5, 0.6) is 0 Å². The monoisotopic (exact) mass is 301 g/mol. The average molecular weight is 301 g/mol. The lowest BCUT2D eigenvalue weighted by molar-refractivity contribution is 0.209. The topological polar surface area (TPSA) is 52.2 Å². The van der Waals surface area contributed by atoms with Gasteiger partial charge in [-0.25, -0.2) is 0 Å². The molecule has 0 bridgehead atoms. The van der Waals surface area contributed by atoms with Gasteiger partial charge in [-0.2, -0.15) is 5.26 Å².